The van der Waals surface area contributed by atoms with Gasteiger partial charge in [-0.3, -0.25) is 4.79 Å². The summed E-state index contributed by atoms with van der Waals surface area (Å²) < 4.78 is 68.2. The van der Waals surface area contributed by atoms with Crippen molar-refractivity contribution in [3.8, 4) is 0 Å². The van der Waals surface area contributed by atoms with E-state index in [0.29, 0.717) is 11.2 Å². The highest BCUT2D eigenvalue weighted by Crippen LogP contribution is 2.55. The van der Waals surface area contributed by atoms with Gasteiger partial charge in [0.1, 0.15) is 0 Å². The molecule has 0 saturated heterocycles. The highest BCUT2D eigenvalue weighted by Gasteiger charge is 2.54. The minimum Gasteiger partial charge on any atom is -0.369 e. The van der Waals surface area contributed by atoms with Gasteiger partial charge in [-0.15, -0.1) is 0 Å². The smallest absolute Gasteiger partial charge is 0.369 e. The van der Waals surface area contributed by atoms with E-state index in [1.54, 1.807) is 12.3 Å². The first-order valence-corrected chi connectivity index (χ1v) is 11.0. The van der Waals surface area contributed by atoms with Crippen LogP contribution in [0.15, 0.2) is 18.5 Å². The van der Waals surface area contributed by atoms with Gasteiger partial charge in [0.25, 0.3) is 0 Å². The molecule has 3 atom stereocenters. The summed E-state index contributed by atoms with van der Waals surface area (Å²) in [5.41, 5.74) is 11.0. The van der Waals surface area contributed by atoms with Crippen molar-refractivity contribution in [1.29, 1.82) is 0 Å². The fourth-order valence-electron chi connectivity index (χ4n) is 4.93. The Bertz CT molecular complexity index is 1040. The van der Waals surface area contributed by atoms with Gasteiger partial charge in [-0.2, -0.15) is 18.3 Å². The molecule has 2 saturated carbocycles. The van der Waals surface area contributed by atoms with Crippen LogP contribution in [0.25, 0.3) is 5.65 Å². The molecule has 0 aromatic carbocycles. The van der Waals surface area contributed by atoms with Gasteiger partial charge in [0.15, 0.2) is 5.65 Å². The van der Waals surface area contributed by atoms with Crippen LogP contribution in [0.5, 0.6) is 0 Å². The first-order valence-electron chi connectivity index (χ1n) is 11.0. The lowest BCUT2D eigenvalue weighted by Gasteiger charge is -2.42. The molecule has 0 aliphatic heterocycles. The Morgan fingerprint density at radius 3 is 2.39 bits per heavy atom. The summed E-state index contributed by atoms with van der Waals surface area (Å²) in [5.74, 6) is -4.80. The number of rotatable bonds is 8. The van der Waals surface area contributed by atoms with Gasteiger partial charge in [-0.25, -0.2) is 18.3 Å². The molecule has 4 N–H and O–H groups in total. The molecule has 4 rings (SSSR count). The lowest BCUT2D eigenvalue weighted by molar-refractivity contribution is -0.215. The maximum Gasteiger partial charge on any atom is 0.394 e. The van der Waals surface area contributed by atoms with E-state index in [9.17, 15) is 26.7 Å². The molecule has 2 aromatic heterocycles. The molecule has 2 fully saturated rings. The summed E-state index contributed by atoms with van der Waals surface area (Å²) in [6.45, 7) is 2.18. The molecule has 2 aliphatic carbocycles. The number of carbonyl (C=O) groups excluding carboxylic acids is 1. The number of hydrogen-bond acceptors (Lipinski definition) is 4. The summed E-state index contributed by atoms with van der Waals surface area (Å²) in [7, 11) is 0. The van der Waals surface area contributed by atoms with Crippen molar-refractivity contribution in [2.75, 3.05) is 0 Å². The number of carbonyl (C=O) groups is 1. The zero-order chi connectivity index (χ0) is 24.3. The standard InChI is InChI=1S/C22H28F5N5O/c1-20(2,22(25,26)27)8-14(28)15-10-32-16(31-15)5-12(9-30-32)17(11-3-4-11)18(19(29)33)13-6-21(23,24)7-13/h5,9-11,13-14,17-18H,3-4,6-8,28H2,1-2H3,(H2,29,33)/t14-,17-,18?/m0/s1. The number of nitrogens with two attached hydrogens (primary N) is 2. The van der Waals surface area contributed by atoms with Gasteiger partial charge in [0.2, 0.25) is 11.8 Å². The second-order valence-corrected chi connectivity index (χ2v) is 10.3. The number of hydrogen-bond donors (Lipinski definition) is 2. The van der Waals surface area contributed by atoms with Gasteiger partial charge in [0.05, 0.1) is 23.5 Å². The maximum absolute atomic E-state index is 13.5. The Hall–Kier alpha value is -2.30. The molecule has 0 spiro atoms. The second kappa shape index (κ2) is 7.89. The van der Waals surface area contributed by atoms with Crippen LogP contribution in [-0.4, -0.2) is 32.6 Å². The molecule has 6 nitrogen and oxygen atoms in total. The molecule has 33 heavy (non-hydrogen) atoms. The lowest BCUT2D eigenvalue weighted by Crippen LogP contribution is -2.46. The lowest BCUT2D eigenvalue weighted by atomic mass is 9.65. The number of nitrogens with zero attached hydrogens (tertiary/aromatic N) is 3. The van der Waals surface area contributed by atoms with Crippen LogP contribution in [0, 0.1) is 23.2 Å². The Morgan fingerprint density at radius 1 is 1.24 bits per heavy atom. The molecule has 1 unspecified atom stereocenters. The third kappa shape index (κ3) is 4.69. The Balaban J connectivity index is 1.61. The van der Waals surface area contributed by atoms with E-state index in [1.807, 2.05) is 0 Å². The van der Waals surface area contributed by atoms with Crippen molar-refractivity contribution in [1.82, 2.24) is 14.6 Å². The van der Waals surface area contributed by atoms with E-state index in [2.05, 4.69) is 10.1 Å². The zero-order valence-corrected chi connectivity index (χ0v) is 18.4. The van der Waals surface area contributed by atoms with Crippen LogP contribution >= 0.6 is 0 Å². The monoisotopic (exact) mass is 473 g/mol. The average molecular weight is 473 g/mol. The Labute approximate surface area is 187 Å². The summed E-state index contributed by atoms with van der Waals surface area (Å²) in [6, 6.07) is 0.745. The van der Waals surface area contributed by atoms with E-state index in [1.165, 1.54) is 10.7 Å². The Kier molecular flexibility index (Phi) is 5.70. The van der Waals surface area contributed by atoms with E-state index in [-0.39, 0.29) is 36.8 Å². The second-order valence-electron chi connectivity index (χ2n) is 10.3. The normalized spacial score (nSPS) is 22.1. The molecule has 1 amide bonds. The number of halogens is 5. The first-order chi connectivity index (χ1) is 15.2. The van der Waals surface area contributed by atoms with E-state index >= 15 is 0 Å². The van der Waals surface area contributed by atoms with Gasteiger partial charge in [0, 0.05) is 30.7 Å². The number of primary amides is 1. The summed E-state index contributed by atoms with van der Waals surface area (Å²) in [4.78, 5) is 16.7. The van der Waals surface area contributed by atoms with E-state index < -0.39 is 41.3 Å². The maximum atomic E-state index is 13.5. The average Bonchev–Trinajstić information content (AvgIpc) is 3.39. The van der Waals surface area contributed by atoms with Crippen LogP contribution in [0.4, 0.5) is 22.0 Å². The molecule has 0 radical (unpaired) electrons. The fraction of sp³-hybridized carbons (Fsp3) is 0.682. The van der Waals surface area contributed by atoms with Crippen LogP contribution < -0.4 is 11.5 Å². The van der Waals surface area contributed by atoms with Gasteiger partial charge < -0.3 is 11.5 Å². The number of imidazole rings is 1. The van der Waals surface area contributed by atoms with Crippen molar-refractivity contribution in [3.05, 3.63) is 29.7 Å². The van der Waals surface area contributed by atoms with Crippen molar-refractivity contribution in [2.24, 2.45) is 34.6 Å². The first kappa shape index (κ1) is 23.8. The molecule has 2 heterocycles. The molecular weight excluding hydrogens is 445 g/mol. The number of aromatic nitrogens is 3. The minimum absolute atomic E-state index is 0.144. The van der Waals surface area contributed by atoms with Crippen molar-refractivity contribution < 1.29 is 26.7 Å². The summed E-state index contributed by atoms with van der Waals surface area (Å²) in [6.07, 6.45) is -0.723. The minimum atomic E-state index is -4.41. The molecule has 0 bridgehead atoms. The third-order valence-electron chi connectivity index (χ3n) is 7.10. The predicted molar refractivity (Wildman–Crippen MR) is 110 cm³/mol. The predicted octanol–water partition coefficient (Wildman–Crippen LogP) is 4.35. The quantitative estimate of drug-likeness (QED) is 0.557. The van der Waals surface area contributed by atoms with Crippen LogP contribution in [0.3, 0.4) is 0 Å². The Morgan fingerprint density at radius 2 is 1.88 bits per heavy atom. The molecule has 2 aliphatic rings. The van der Waals surface area contributed by atoms with Crippen LogP contribution in [0.2, 0.25) is 0 Å². The topological polar surface area (TPSA) is 99.3 Å². The van der Waals surface area contributed by atoms with Crippen molar-refractivity contribution in [3.63, 3.8) is 0 Å². The molecule has 182 valence electrons. The van der Waals surface area contributed by atoms with Crippen LogP contribution in [-0.2, 0) is 4.79 Å². The highest BCUT2D eigenvalue weighted by molar-refractivity contribution is 5.78. The van der Waals surface area contributed by atoms with Gasteiger partial charge in [-0.05, 0) is 42.7 Å². The van der Waals surface area contributed by atoms with E-state index in [4.69, 9.17) is 11.5 Å². The van der Waals surface area contributed by atoms with Gasteiger partial charge in [-0.1, -0.05) is 13.8 Å². The largest absolute Gasteiger partial charge is 0.394 e. The van der Waals surface area contributed by atoms with Crippen LogP contribution in [0.1, 0.15) is 69.2 Å². The number of amides is 1. The summed E-state index contributed by atoms with van der Waals surface area (Å²) in [5, 5.41) is 4.31. The zero-order valence-electron chi connectivity index (χ0n) is 18.4. The molecule has 11 heteroatoms. The number of alkyl halides is 5. The van der Waals surface area contributed by atoms with Gasteiger partial charge >= 0.3 is 6.18 Å². The van der Waals surface area contributed by atoms with Crippen molar-refractivity contribution >= 4 is 11.6 Å². The van der Waals surface area contributed by atoms with E-state index in [0.717, 1.165) is 26.7 Å². The molecular formula is C22H28F5N5O. The fourth-order valence-corrected chi connectivity index (χ4v) is 4.93. The third-order valence-corrected chi connectivity index (χ3v) is 7.10. The summed E-state index contributed by atoms with van der Waals surface area (Å²) >= 11 is 0. The SMILES string of the molecule is CC(C)(C[C@H](N)c1cn2ncc([C@H](C3CC3)C(C(N)=O)C3CC(F)(F)C3)cc2n1)C(F)(F)F. The highest BCUT2D eigenvalue weighted by atomic mass is 19.4. The van der Waals surface area contributed by atoms with Crippen molar-refractivity contribution in [2.45, 2.75) is 70.0 Å². The number of fused-ring (bicyclic) bond motifs is 1. The molecule has 2 aromatic rings.